The Morgan fingerprint density at radius 2 is 1.81 bits per heavy atom. The second-order valence-electron chi connectivity index (χ2n) is 7.07. The number of aryl methyl sites for hydroxylation is 3. The number of piperidine rings is 1. The van der Waals surface area contributed by atoms with Crippen LogP contribution in [-0.4, -0.2) is 48.7 Å². The lowest BCUT2D eigenvalue weighted by Gasteiger charge is -2.31. The van der Waals surface area contributed by atoms with Crippen molar-refractivity contribution in [2.75, 3.05) is 20.2 Å². The van der Waals surface area contributed by atoms with Crippen molar-refractivity contribution in [3.63, 3.8) is 0 Å². The fraction of sp³-hybridized carbons (Fsp3) is 0.526. The number of rotatable bonds is 6. The highest BCUT2D eigenvalue weighted by Gasteiger charge is 2.29. The largest absolute Gasteiger partial charge is 0.481 e. The maximum atomic E-state index is 12.8. The summed E-state index contributed by atoms with van der Waals surface area (Å²) in [5, 5.41) is 7.92. The highest BCUT2D eigenvalue weighted by Crippen LogP contribution is 2.23. The van der Waals surface area contributed by atoms with Crippen molar-refractivity contribution in [2.24, 2.45) is 7.05 Å². The maximum absolute atomic E-state index is 12.8. The summed E-state index contributed by atoms with van der Waals surface area (Å²) >= 11 is 0. The minimum Gasteiger partial charge on any atom is -0.481 e. The van der Waals surface area contributed by atoms with E-state index in [2.05, 4.69) is 10.4 Å². The van der Waals surface area contributed by atoms with Gasteiger partial charge in [-0.05, 0) is 38.8 Å². The number of nitrogens with one attached hydrogen (secondary N) is 1. The van der Waals surface area contributed by atoms with E-state index >= 15 is 0 Å². The van der Waals surface area contributed by atoms with E-state index in [1.807, 2.05) is 33.0 Å². The average molecular weight is 393 g/mol. The van der Waals surface area contributed by atoms with E-state index in [1.54, 1.807) is 28.2 Å². The molecule has 1 saturated heterocycles. The van der Waals surface area contributed by atoms with Gasteiger partial charge in [0.2, 0.25) is 15.9 Å². The van der Waals surface area contributed by atoms with Crippen LogP contribution in [0.4, 0.5) is 0 Å². The van der Waals surface area contributed by atoms with Crippen molar-refractivity contribution in [3.8, 4) is 5.88 Å². The molecule has 0 bridgehead atoms. The molecule has 0 aliphatic carbocycles. The van der Waals surface area contributed by atoms with E-state index < -0.39 is 10.0 Å². The molecule has 1 fully saturated rings. The lowest BCUT2D eigenvalue weighted by molar-refractivity contribution is 0.287. The van der Waals surface area contributed by atoms with Crippen LogP contribution in [0, 0.1) is 13.8 Å². The van der Waals surface area contributed by atoms with E-state index in [-0.39, 0.29) is 6.04 Å². The Bertz CT molecular complexity index is 882. The van der Waals surface area contributed by atoms with Crippen LogP contribution in [0.25, 0.3) is 0 Å². The third-order valence-corrected chi connectivity index (χ3v) is 7.08. The Morgan fingerprint density at radius 3 is 2.41 bits per heavy atom. The number of sulfonamides is 1. The monoisotopic (exact) mass is 392 g/mol. The molecular formula is C19H28N4O3S. The van der Waals surface area contributed by atoms with Gasteiger partial charge in [-0.3, -0.25) is 0 Å². The molecule has 2 aromatic rings. The van der Waals surface area contributed by atoms with E-state index in [0.29, 0.717) is 24.5 Å². The molecular weight excluding hydrogens is 364 g/mol. The van der Waals surface area contributed by atoms with E-state index in [9.17, 15) is 8.42 Å². The standard InChI is InChI=1S/C19H28N4O3S/c1-14-5-7-17(8-6-14)27(24,25)23-11-9-16(10-12-23)20-13-18-15(2)21-22(3)19(18)26-4/h5-8,16,20H,9-13H2,1-4H3. The van der Waals surface area contributed by atoms with Crippen LogP contribution < -0.4 is 10.1 Å². The first-order valence-electron chi connectivity index (χ1n) is 9.19. The molecule has 148 valence electrons. The van der Waals surface area contributed by atoms with E-state index in [1.165, 1.54) is 0 Å². The molecule has 1 aromatic carbocycles. The normalized spacial score (nSPS) is 16.6. The Morgan fingerprint density at radius 1 is 1.19 bits per heavy atom. The fourth-order valence-electron chi connectivity index (χ4n) is 3.55. The van der Waals surface area contributed by atoms with Gasteiger partial charge in [-0.15, -0.1) is 0 Å². The number of hydrogen-bond acceptors (Lipinski definition) is 5. The van der Waals surface area contributed by atoms with Gasteiger partial charge in [-0.2, -0.15) is 9.40 Å². The predicted octanol–water partition coefficient (Wildman–Crippen LogP) is 1.99. The van der Waals surface area contributed by atoms with E-state index in [0.717, 1.165) is 35.5 Å². The second kappa shape index (κ2) is 8.00. The summed E-state index contributed by atoms with van der Waals surface area (Å²) in [7, 11) is 0.101. The molecule has 0 spiro atoms. The number of aromatic nitrogens is 2. The zero-order valence-electron chi connectivity index (χ0n) is 16.4. The Kier molecular flexibility index (Phi) is 5.88. The molecule has 1 aliphatic rings. The van der Waals surface area contributed by atoms with E-state index in [4.69, 9.17) is 4.74 Å². The van der Waals surface area contributed by atoms with Gasteiger partial charge in [0.15, 0.2) is 0 Å². The zero-order valence-corrected chi connectivity index (χ0v) is 17.2. The van der Waals surface area contributed by atoms with Crippen molar-refractivity contribution < 1.29 is 13.2 Å². The van der Waals surface area contributed by atoms with Gasteiger partial charge in [0.1, 0.15) is 0 Å². The molecule has 1 aromatic heterocycles. The highest BCUT2D eigenvalue weighted by atomic mass is 32.2. The molecule has 0 amide bonds. The molecule has 8 heteroatoms. The van der Waals surface area contributed by atoms with Crippen molar-refractivity contribution in [1.82, 2.24) is 19.4 Å². The highest BCUT2D eigenvalue weighted by molar-refractivity contribution is 7.89. The molecule has 1 aliphatic heterocycles. The summed E-state index contributed by atoms with van der Waals surface area (Å²) in [5.74, 6) is 0.763. The minimum atomic E-state index is -3.41. The third-order valence-electron chi connectivity index (χ3n) is 5.16. The van der Waals surface area contributed by atoms with Gasteiger partial charge < -0.3 is 10.1 Å². The van der Waals surface area contributed by atoms with Crippen molar-refractivity contribution in [2.45, 2.75) is 44.2 Å². The number of methoxy groups -OCH3 is 1. The first-order chi connectivity index (χ1) is 12.8. The molecule has 0 unspecified atom stereocenters. The first kappa shape index (κ1) is 19.9. The molecule has 7 nitrogen and oxygen atoms in total. The molecule has 1 N–H and O–H groups in total. The molecule has 0 saturated carbocycles. The Balaban J connectivity index is 1.58. The van der Waals surface area contributed by atoms with Crippen LogP contribution in [-0.2, 0) is 23.6 Å². The molecule has 27 heavy (non-hydrogen) atoms. The predicted molar refractivity (Wildman–Crippen MR) is 104 cm³/mol. The third kappa shape index (κ3) is 4.17. The van der Waals surface area contributed by atoms with Crippen molar-refractivity contribution >= 4 is 10.0 Å². The van der Waals surface area contributed by atoms with Crippen LogP contribution in [0.2, 0.25) is 0 Å². The topological polar surface area (TPSA) is 76.5 Å². The van der Waals surface area contributed by atoms with Crippen LogP contribution in [0.15, 0.2) is 29.2 Å². The number of ether oxygens (including phenoxy) is 1. The zero-order chi connectivity index (χ0) is 19.6. The summed E-state index contributed by atoms with van der Waals surface area (Å²) < 4.78 is 34.3. The van der Waals surface area contributed by atoms with Gasteiger partial charge in [0.05, 0.1) is 23.3 Å². The molecule has 0 atom stereocenters. The van der Waals surface area contributed by atoms with Crippen molar-refractivity contribution in [1.29, 1.82) is 0 Å². The summed E-state index contributed by atoms with van der Waals surface area (Å²) in [6.07, 6.45) is 1.57. The smallest absolute Gasteiger partial charge is 0.243 e. The maximum Gasteiger partial charge on any atom is 0.243 e. The van der Waals surface area contributed by atoms with Crippen LogP contribution in [0.1, 0.15) is 29.7 Å². The molecule has 0 radical (unpaired) electrons. The van der Waals surface area contributed by atoms with Gasteiger partial charge in [-0.25, -0.2) is 13.1 Å². The van der Waals surface area contributed by atoms with Gasteiger partial charge in [0, 0.05) is 32.7 Å². The van der Waals surface area contributed by atoms with Gasteiger partial charge >= 0.3 is 0 Å². The Hall–Kier alpha value is -1.90. The quantitative estimate of drug-likeness (QED) is 0.814. The molecule has 2 heterocycles. The number of hydrogen-bond donors (Lipinski definition) is 1. The van der Waals surface area contributed by atoms with Gasteiger partial charge in [-0.1, -0.05) is 17.7 Å². The van der Waals surface area contributed by atoms with Crippen LogP contribution >= 0.6 is 0 Å². The van der Waals surface area contributed by atoms with Gasteiger partial charge in [0.25, 0.3) is 0 Å². The number of nitrogens with zero attached hydrogens (tertiary/aromatic N) is 3. The first-order valence-corrected chi connectivity index (χ1v) is 10.6. The minimum absolute atomic E-state index is 0.277. The van der Waals surface area contributed by atoms with Crippen LogP contribution in [0.5, 0.6) is 5.88 Å². The van der Waals surface area contributed by atoms with Crippen LogP contribution in [0.3, 0.4) is 0 Å². The summed E-state index contributed by atoms with van der Waals surface area (Å²) in [6.45, 7) is 5.63. The molecule has 3 rings (SSSR count). The lowest BCUT2D eigenvalue weighted by Crippen LogP contribution is -2.44. The fourth-order valence-corrected chi connectivity index (χ4v) is 5.02. The summed E-state index contributed by atoms with van der Waals surface area (Å²) in [5.41, 5.74) is 3.05. The second-order valence-corrected chi connectivity index (χ2v) is 9.01. The SMILES string of the molecule is COc1c(CNC2CCN(S(=O)(=O)c3ccc(C)cc3)CC2)c(C)nn1C. The van der Waals surface area contributed by atoms with Crippen molar-refractivity contribution in [3.05, 3.63) is 41.1 Å². The summed E-state index contributed by atoms with van der Waals surface area (Å²) in [6, 6.07) is 7.33. The summed E-state index contributed by atoms with van der Waals surface area (Å²) in [4.78, 5) is 0.371. The average Bonchev–Trinajstić information content (AvgIpc) is 2.93. The number of benzene rings is 1. The Labute approximate surface area is 161 Å². The lowest BCUT2D eigenvalue weighted by atomic mass is 10.1.